The summed E-state index contributed by atoms with van der Waals surface area (Å²) in [5.74, 6) is 0.245. The van der Waals surface area contributed by atoms with Crippen LogP contribution >= 0.6 is 0 Å². The summed E-state index contributed by atoms with van der Waals surface area (Å²) < 4.78 is 13.2. The minimum absolute atomic E-state index is 0.290. The van der Waals surface area contributed by atoms with E-state index in [1.807, 2.05) is 13.8 Å². The van der Waals surface area contributed by atoms with Gasteiger partial charge in [0.15, 0.2) is 5.82 Å². The molecule has 2 rings (SSSR count). The number of anilines is 1. The predicted octanol–water partition coefficient (Wildman–Crippen LogP) is 2.27. The lowest BCUT2D eigenvalue weighted by molar-refractivity contribution is 0.628. The highest BCUT2D eigenvalue weighted by Gasteiger charge is 2.09. The van der Waals surface area contributed by atoms with E-state index < -0.39 is 0 Å². The van der Waals surface area contributed by atoms with Crippen LogP contribution in [0.2, 0.25) is 0 Å². The first kappa shape index (κ1) is 13.4. The number of hydrogen-bond acceptors (Lipinski definition) is 4. The van der Waals surface area contributed by atoms with Crippen LogP contribution in [0.25, 0.3) is 11.4 Å². The van der Waals surface area contributed by atoms with Gasteiger partial charge in [-0.3, -0.25) is 0 Å². The summed E-state index contributed by atoms with van der Waals surface area (Å²) in [6.07, 6.45) is 0. The molecule has 19 heavy (non-hydrogen) atoms. The molecule has 0 fully saturated rings. The second-order valence-corrected chi connectivity index (χ2v) is 4.32. The summed E-state index contributed by atoms with van der Waals surface area (Å²) in [6, 6.07) is 6.28. The number of nitrogens with zero attached hydrogens (tertiary/aromatic N) is 2. The maximum atomic E-state index is 13.2. The molecule has 0 spiro atoms. The van der Waals surface area contributed by atoms with Gasteiger partial charge >= 0.3 is 0 Å². The van der Waals surface area contributed by atoms with Crippen LogP contribution in [0.1, 0.15) is 11.4 Å². The monoisotopic (exact) mass is 260 g/mol. The van der Waals surface area contributed by atoms with Crippen molar-refractivity contribution >= 4 is 5.69 Å². The molecule has 1 aromatic carbocycles. The van der Waals surface area contributed by atoms with Gasteiger partial charge in [0.2, 0.25) is 0 Å². The third kappa shape index (κ3) is 3.06. The Balaban J connectivity index is 2.39. The second-order valence-electron chi connectivity index (χ2n) is 4.32. The van der Waals surface area contributed by atoms with Gasteiger partial charge in [0.1, 0.15) is 5.82 Å². The highest BCUT2D eigenvalue weighted by atomic mass is 19.1. The molecule has 0 aliphatic heterocycles. The number of nitrogens with two attached hydrogens (primary N) is 1. The maximum Gasteiger partial charge on any atom is 0.159 e. The zero-order valence-corrected chi connectivity index (χ0v) is 11.1. The van der Waals surface area contributed by atoms with E-state index in [-0.39, 0.29) is 5.82 Å². The molecule has 100 valence electrons. The van der Waals surface area contributed by atoms with Gasteiger partial charge in [-0.15, -0.1) is 0 Å². The third-order valence-corrected chi connectivity index (χ3v) is 2.80. The number of aromatic nitrogens is 2. The average molecular weight is 260 g/mol. The van der Waals surface area contributed by atoms with Crippen molar-refractivity contribution in [2.75, 3.05) is 18.4 Å². The number of nitrogens with one attached hydrogen (secondary N) is 1. The van der Waals surface area contributed by atoms with E-state index in [1.165, 1.54) is 12.1 Å². The quantitative estimate of drug-likeness (QED) is 0.885. The smallest absolute Gasteiger partial charge is 0.159 e. The fourth-order valence-electron chi connectivity index (χ4n) is 1.93. The Morgan fingerprint density at radius 2 is 1.89 bits per heavy atom. The number of halogens is 1. The summed E-state index contributed by atoms with van der Waals surface area (Å²) in [6.45, 7) is 5.02. The van der Waals surface area contributed by atoms with Gasteiger partial charge in [-0.05, 0) is 26.0 Å². The Bertz CT molecular complexity index is 560. The predicted molar refractivity (Wildman–Crippen MR) is 74.4 cm³/mol. The first-order chi connectivity index (χ1) is 9.11. The molecular formula is C14H17FN4. The van der Waals surface area contributed by atoms with Gasteiger partial charge in [-0.1, -0.05) is 12.1 Å². The standard InChI is InChI=1S/C14H17FN4/c1-9-13(17-7-6-16)10(2)19-14(18-9)11-4-3-5-12(15)8-11/h3-5,8,17H,6-7,16H2,1-2H3. The molecule has 1 aromatic heterocycles. The molecule has 0 saturated heterocycles. The second kappa shape index (κ2) is 5.75. The first-order valence-corrected chi connectivity index (χ1v) is 6.17. The molecular weight excluding hydrogens is 243 g/mol. The van der Waals surface area contributed by atoms with Crippen molar-refractivity contribution in [3.63, 3.8) is 0 Å². The van der Waals surface area contributed by atoms with Gasteiger partial charge in [0.05, 0.1) is 17.1 Å². The van der Waals surface area contributed by atoms with Crippen molar-refractivity contribution in [2.24, 2.45) is 5.73 Å². The Hall–Kier alpha value is -2.01. The lowest BCUT2D eigenvalue weighted by Crippen LogP contribution is -2.15. The van der Waals surface area contributed by atoms with Gasteiger partial charge in [-0.25, -0.2) is 14.4 Å². The Morgan fingerprint density at radius 3 is 2.47 bits per heavy atom. The van der Waals surface area contributed by atoms with Crippen LogP contribution < -0.4 is 11.1 Å². The fraction of sp³-hybridized carbons (Fsp3) is 0.286. The lowest BCUT2D eigenvalue weighted by Gasteiger charge is -2.12. The highest BCUT2D eigenvalue weighted by molar-refractivity contribution is 5.60. The van der Waals surface area contributed by atoms with E-state index in [2.05, 4.69) is 15.3 Å². The molecule has 2 aromatic rings. The first-order valence-electron chi connectivity index (χ1n) is 6.17. The van der Waals surface area contributed by atoms with E-state index in [1.54, 1.807) is 12.1 Å². The van der Waals surface area contributed by atoms with E-state index in [0.29, 0.717) is 24.5 Å². The third-order valence-electron chi connectivity index (χ3n) is 2.80. The van der Waals surface area contributed by atoms with Crippen LogP contribution in [-0.4, -0.2) is 23.1 Å². The topological polar surface area (TPSA) is 63.8 Å². The van der Waals surface area contributed by atoms with Crippen LogP contribution in [0.4, 0.5) is 10.1 Å². The Kier molecular flexibility index (Phi) is 4.06. The normalized spacial score (nSPS) is 10.5. The summed E-state index contributed by atoms with van der Waals surface area (Å²) >= 11 is 0. The molecule has 1 heterocycles. The number of benzene rings is 1. The van der Waals surface area contributed by atoms with Crippen molar-refractivity contribution in [3.8, 4) is 11.4 Å². The maximum absolute atomic E-state index is 13.2. The minimum atomic E-state index is -0.290. The SMILES string of the molecule is Cc1nc(-c2cccc(F)c2)nc(C)c1NCCN. The molecule has 0 atom stereocenters. The number of aryl methyl sites for hydroxylation is 2. The number of rotatable bonds is 4. The molecule has 0 saturated carbocycles. The van der Waals surface area contributed by atoms with Crippen LogP contribution in [-0.2, 0) is 0 Å². The zero-order valence-electron chi connectivity index (χ0n) is 11.1. The summed E-state index contributed by atoms with van der Waals surface area (Å²) in [5, 5.41) is 3.20. The summed E-state index contributed by atoms with van der Waals surface area (Å²) in [7, 11) is 0. The van der Waals surface area contributed by atoms with Crippen molar-refractivity contribution in [2.45, 2.75) is 13.8 Å². The van der Waals surface area contributed by atoms with Crippen molar-refractivity contribution < 1.29 is 4.39 Å². The molecule has 0 bridgehead atoms. The molecule has 3 N–H and O–H groups in total. The van der Waals surface area contributed by atoms with Crippen molar-refractivity contribution in [1.29, 1.82) is 0 Å². The van der Waals surface area contributed by atoms with E-state index >= 15 is 0 Å². The van der Waals surface area contributed by atoms with E-state index in [9.17, 15) is 4.39 Å². The van der Waals surface area contributed by atoms with E-state index in [4.69, 9.17) is 5.73 Å². The Morgan fingerprint density at radius 1 is 1.21 bits per heavy atom. The lowest BCUT2D eigenvalue weighted by atomic mass is 10.2. The van der Waals surface area contributed by atoms with Crippen molar-refractivity contribution in [1.82, 2.24) is 9.97 Å². The summed E-state index contributed by atoms with van der Waals surface area (Å²) in [4.78, 5) is 8.83. The van der Waals surface area contributed by atoms with Crippen LogP contribution in [0.5, 0.6) is 0 Å². The molecule has 0 amide bonds. The summed E-state index contributed by atoms with van der Waals surface area (Å²) in [5.41, 5.74) is 8.71. The van der Waals surface area contributed by atoms with Crippen molar-refractivity contribution in [3.05, 3.63) is 41.5 Å². The van der Waals surface area contributed by atoms with Gasteiger partial charge in [0, 0.05) is 18.7 Å². The Labute approximate surface area is 111 Å². The zero-order chi connectivity index (χ0) is 13.8. The molecule has 5 heteroatoms. The highest BCUT2D eigenvalue weighted by Crippen LogP contribution is 2.22. The van der Waals surface area contributed by atoms with E-state index in [0.717, 1.165) is 17.1 Å². The molecule has 4 nitrogen and oxygen atoms in total. The molecule has 0 aliphatic carbocycles. The molecule has 0 radical (unpaired) electrons. The largest absolute Gasteiger partial charge is 0.381 e. The van der Waals surface area contributed by atoms with Crippen LogP contribution in [0.3, 0.4) is 0 Å². The average Bonchev–Trinajstić information content (AvgIpc) is 2.37. The van der Waals surface area contributed by atoms with Crippen LogP contribution in [0.15, 0.2) is 24.3 Å². The minimum Gasteiger partial charge on any atom is -0.381 e. The number of hydrogen-bond donors (Lipinski definition) is 2. The molecule has 0 aliphatic rings. The van der Waals surface area contributed by atoms with Gasteiger partial charge < -0.3 is 11.1 Å². The fourth-order valence-corrected chi connectivity index (χ4v) is 1.93. The van der Waals surface area contributed by atoms with Gasteiger partial charge in [0.25, 0.3) is 0 Å². The molecule has 0 unspecified atom stereocenters. The van der Waals surface area contributed by atoms with Crippen LogP contribution in [0, 0.1) is 19.7 Å². The van der Waals surface area contributed by atoms with Gasteiger partial charge in [-0.2, -0.15) is 0 Å².